The molecule has 0 saturated carbocycles. The minimum Gasteiger partial charge on any atom is -0.374 e. The van der Waals surface area contributed by atoms with Gasteiger partial charge in [-0.3, -0.25) is 0 Å². The van der Waals surface area contributed by atoms with E-state index in [1.807, 2.05) is 12.1 Å². The van der Waals surface area contributed by atoms with Gasteiger partial charge in [-0.2, -0.15) is 4.31 Å². The molecule has 1 atom stereocenters. The monoisotopic (exact) mass is 312 g/mol. The number of sulfonamides is 1. The van der Waals surface area contributed by atoms with Gasteiger partial charge in [0.1, 0.15) is 0 Å². The second kappa shape index (κ2) is 6.87. The van der Waals surface area contributed by atoms with Crippen LogP contribution in [0.15, 0.2) is 29.2 Å². The lowest BCUT2D eigenvalue weighted by Crippen LogP contribution is -2.45. The molecule has 1 saturated heterocycles. The zero-order chi connectivity index (χ0) is 15.5. The minimum absolute atomic E-state index is 0.0894. The van der Waals surface area contributed by atoms with Crippen molar-refractivity contribution in [2.45, 2.75) is 30.8 Å². The Balaban J connectivity index is 2.08. The highest BCUT2D eigenvalue weighted by molar-refractivity contribution is 7.89. The number of morpholine rings is 1. The van der Waals surface area contributed by atoms with Crippen molar-refractivity contribution < 1.29 is 13.2 Å². The molecule has 21 heavy (non-hydrogen) atoms. The SMILES string of the molecule is CC(C)c1ccc(S(=O)(=O)N(C)CC2CNCCO2)cc1. The van der Waals surface area contributed by atoms with Gasteiger partial charge in [0.15, 0.2) is 0 Å². The molecule has 1 aromatic rings. The standard InChI is InChI=1S/C15H24N2O3S/c1-12(2)13-4-6-15(7-5-13)21(18,19)17(3)11-14-10-16-8-9-20-14/h4-7,12,14,16H,8-11H2,1-3H3. The smallest absolute Gasteiger partial charge is 0.242 e. The molecule has 1 aromatic carbocycles. The Hall–Kier alpha value is -0.950. The predicted molar refractivity (Wildman–Crippen MR) is 83.0 cm³/mol. The van der Waals surface area contributed by atoms with E-state index in [9.17, 15) is 8.42 Å². The third-order valence-corrected chi connectivity index (χ3v) is 5.56. The molecule has 1 fully saturated rings. The van der Waals surface area contributed by atoms with Crippen molar-refractivity contribution in [3.63, 3.8) is 0 Å². The molecular formula is C15H24N2O3S. The fraction of sp³-hybridized carbons (Fsp3) is 0.600. The van der Waals surface area contributed by atoms with Crippen molar-refractivity contribution in [2.24, 2.45) is 0 Å². The first-order valence-electron chi connectivity index (χ1n) is 7.30. The number of nitrogens with zero attached hydrogens (tertiary/aromatic N) is 1. The average molecular weight is 312 g/mol. The molecule has 2 rings (SSSR count). The first kappa shape index (κ1) is 16.4. The number of benzene rings is 1. The van der Waals surface area contributed by atoms with Gasteiger partial charge in [0.05, 0.1) is 17.6 Å². The molecule has 0 amide bonds. The molecule has 118 valence electrons. The molecule has 1 aliphatic heterocycles. The average Bonchev–Trinajstić information content (AvgIpc) is 2.48. The van der Waals surface area contributed by atoms with Crippen LogP contribution in [0.2, 0.25) is 0 Å². The largest absolute Gasteiger partial charge is 0.374 e. The van der Waals surface area contributed by atoms with E-state index in [2.05, 4.69) is 19.2 Å². The Morgan fingerprint density at radius 3 is 2.52 bits per heavy atom. The molecule has 1 unspecified atom stereocenters. The summed E-state index contributed by atoms with van der Waals surface area (Å²) >= 11 is 0. The van der Waals surface area contributed by atoms with Gasteiger partial charge in [0, 0.05) is 26.7 Å². The van der Waals surface area contributed by atoms with Gasteiger partial charge in [-0.15, -0.1) is 0 Å². The summed E-state index contributed by atoms with van der Waals surface area (Å²) in [5, 5.41) is 3.20. The van der Waals surface area contributed by atoms with E-state index in [0.29, 0.717) is 30.5 Å². The third-order valence-electron chi connectivity index (χ3n) is 3.72. The Kier molecular flexibility index (Phi) is 5.37. The van der Waals surface area contributed by atoms with Crippen LogP contribution in [0.1, 0.15) is 25.3 Å². The molecular weight excluding hydrogens is 288 g/mol. The zero-order valence-electron chi connectivity index (χ0n) is 12.9. The lowest BCUT2D eigenvalue weighted by Gasteiger charge is -2.27. The molecule has 1 aliphatic rings. The van der Waals surface area contributed by atoms with Crippen molar-refractivity contribution in [1.82, 2.24) is 9.62 Å². The summed E-state index contributed by atoms with van der Waals surface area (Å²) in [5.41, 5.74) is 1.14. The summed E-state index contributed by atoms with van der Waals surface area (Å²) in [7, 11) is -1.85. The van der Waals surface area contributed by atoms with Crippen molar-refractivity contribution >= 4 is 10.0 Å². The fourth-order valence-electron chi connectivity index (χ4n) is 2.33. The van der Waals surface area contributed by atoms with Crippen LogP contribution in [0.5, 0.6) is 0 Å². The third kappa shape index (κ3) is 4.03. The van der Waals surface area contributed by atoms with Crippen LogP contribution in [-0.2, 0) is 14.8 Å². The first-order valence-corrected chi connectivity index (χ1v) is 8.74. The Bertz CT molecular complexity index is 549. The Morgan fingerprint density at radius 1 is 1.33 bits per heavy atom. The van der Waals surface area contributed by atoms with Crippen LogP contribution >= 0.6 is 0 Å². The molecule has 1 heterocycles. The van der Waals surface area contributed by atoms with Gasteiger partial charge in [-0.05, 0) is 23.6 Å². The highest BCUT2D eigenvalue weighted by Crippen LogP contribution is 2.20. The molecule has 0 aromatic heterocycles. The van der Waals surface area contributed by atoms with Crippen LogP contribution in [0.25, 0.3) is 0 Å². The Labute approximate surface area is 127 Å². The van der Waals surface area contributed by atoms with Crippen LogP contribution in [-0.4, -0.2) is 52.1 Å². The minimum atomic E-state index is -3.46. The number of hydrogen-bond acceptors (Lipinski definition) is 4. The van der Waals surface area contributed by atoms with Gasteiger partial charge < -0.3 is 10.1 Å². The number of nitrogens with one attached hydrogen (secondary N) is 1. The van der Waals surface area contributed by atoms with Crippen LogP contribution in [0.4, 0.5) is 0 Å². The van der Waals surface area contributed by atoms with E-state index in [0.717, 1.165) is 12.1 Å². The lowest BCUT2D eigenvalue weighted by molar-refractivity contribution is 0.0206. The van der Waals surface area contributed by atoms with Crippen molar-refractivity contribution in [1.29, 1.82) is 0 Å². The summed E-state index contributed by atoms with van der Waals surface area (Å²) in [6, 6.07) is 7.12. The maximum atomic E-state index is 12.5. The van der Waals surface area contributed by atoms with E-state index in [-0.39, 0.29) is 6.10 Å². The van der Waals surface area contributed by atoms with Gasteiger partial charge in [-0.1, -0.05) is 26.0 Å². The first-order chi connectivity index (χ1) is 9.91. The highest BCUT2D eigenvalue weighted by atomic mass is 32.2. The second-order valence-corrected chi connectivity index (χ2v) is 7.75. The van der Waals surface area contributed by atoms with E-state index in [4.69, 9.17) is 4.74 Å². The number of likely N-dealkylation sites (N-methyl/N-ethyl adjacent to an activating group) is 1. The quantitative estimate of drug-likeness (QED) is 0.893. The summed E-state index contributed by atoms with van der Waals surface area (Å²) in [6.07, 6.45) is -0.0894. The maximum absolute atomic E-state index is 12.5. The molecule has 0 spiro atoms. The molecule has 0 bridgehead atoms. The topological polar surface area (TPSA) is 58.6 Å². The van der Waals surface area contributed by atoms with Gasteiger partial charge in [0.25, 0.3) is 0 Å². The van der Waals surface area contributed by atoms with E-state index >= 15 is 0 Å². The molecule has 5 nitrogen and oxygen atoms in total. The number of rotatable bonds is 5. The fourth-order valence-corrected chi connectivity index (χ4v) is 3.53. The van der Waals surface area contributed by atoms with Crippen molar-refractivity contribution in [3.8, 4) is 0 Å². The molecule has 0 radical (unpaired) electrons. The van der Waals surface area contributed by atoms with E-state index < -0.39 is 10.0 Å². The van der Waals surface area contributed by atoms with Gasteiger partial charge in [-0.25, -0.2) is 8.42 Å². The zero-order valence-corrected chi connectivity index (χ0v) is 13.7. The summed E-state index contributed by atoms with van der Waals surface area (Å²) in [6.45, 7) is 6.67. The number of ether oxygens (including phenoxy) is 1. The molecule has 6 heteroatoms. The maximum Gasteiger partial charge on any atom is 0.242 e. The lowest BCUT2D eigenvalue weighted by atomic mass is 10.0. The normalized spacial score (nSPS) is 20.1. The predicted octanol–water partition coefficient (Wildman–Crippen LogP) is 1.42. The van der Waals surface area contributed by atoms with Gasteiger partial charge >= 0.3 is 0 Å². The van der Waals surface area contributed by atoms with E-state index in [1.54, 1.807) is 19.2 Å². The number of hydrogen-bond donors (Lipinski definition) is 1. The van der Waals surface area contributed by atoms with Gasteiger partial charge in [0.2, 0.25) is 10.0 Å². The van der Waals surface area contributed by atoms with Crippen molar-refractivity contribution in [2.75, 3.05) is 33.3 Å². The second-order valence-electron chi connectivity index (χ2n) is 5.71. The van der Waals surface area contributed by atoms with Crippen LogP contribution in [0, 0.1) is 0 Å². The summed E-state index contributed by atoms with van der Waals surface area (Å²) in [4.78, 5) is 0.332. The molecule has 1 N–H and O–H groups in total. The van der Waals surface area contributed by atoms with Crippen molar-refractivity contribution in [3.05, 3.63) is 29.8 Å². The summed E-state index contributed by atoms with van der Waals surface area (Å²) in [5.74, 6) is 0.390. The van der Waals surface area contributed by atoms with Crippen LogP contribution in [0.3, 0.4) is 0 Å². The highest BCUT2D eigenvalue weighted by Gasteiger charge is 2.25. The van der Waals surface area contributed by atoms with E-state index in [1.165, 1.54) is 4.31 Å². The molecule has 0 aliphatic carbocycles. The van der Waals surface area contributed by atoms with Crippen LogP contribution < -0.4 is 5.32 Å². The summed E-state index contributed by atoms with van der Waals surface area (Å²) < 4.78 is 32.0. The Morgan fingerprint density at radius 2 is 2.00 bits per heavy atom.